The Kier molecular flexibility index (Phi) is 2.54. The summed E-state index contributed by atoms with van der Waals surface area (Å²) in [6.07, 6.45) is 1.65. The Bertz CT molecular complexity index is 487. The average Bonchev–Trinajstić information content (AvgIpc) is 2.23. The molecule has 1 heterocycles. The lowest BCUT2D eigenvalue weighted by Gasteiger charge is -2.06. The molecule has 0 saturated heterocycles. The van der Waals surface area contributed by atoms with Crippen molar-refractivity contribution in [3.8, 4) is 5.88 Å². The fraction of sp³-hybridized carbons (Fsp3) is 0.100. The first-order chi connectivity index (χ1) is 6.74. The Labute approximate surface area is 94.2 Å². The van der Waals surface area contributed by atoms with Crippen LogP contribution in [0.4, 0.5) is 4.39 Å². The molecule has 0 spiro atoms. The summed E-state index contributed by atoms with van der Waals surface area (Å²) >= 11 is 1.96. The summed E-state index contributed by atoms with van der Waals surface area (Å²) in [4.78, 5) is 4.03. The molecule has 0 bridgehead atoms. The highest BCUT2D eigenvalue weighted by Gasteiger charge is 2.09. The molecular formula is C10H7FINO. The fourth-order valence-electron chi connectivity index (χ4n) is 1.33. The first-order valence-electron chi connectivity index (χ1n) is 4.00. The number of pyridine rings is 1. The third kappa shape index (κ3) is 1.43. The molecule has 0 radical (unpaired) electrons. The lowest BCUT2D eigenvalue weighted by atomic mass is 10.2. The van der Waals surface area contributed by atoms with Gasteiger partial charge in [-0.3, -0.25) is 0 Å². The van der Waals surface area contributed by atoms with Crippen LogP contribution in [0.3, 0.4) is 0 Å². The van der Waals surface area contributed by atoms with Crippen LogP contribution in [0.25, 0.3) is 10.8 Å². The Hall–Kier alpha value is -0.910. The maximum absolute atomic E-state index is 13.3. The minimum Gasteiger partial charge on any atom is -0.481 e. The number of hydrogen-bond donors (Lipinski definition) is 0. The number of rotatable bonds is 1. The van der Waals surface area contributed by atoms with E-state index in [1.54, 1.807) is 12.3 Å². The minimum absolute atomic E-state index is 0.246. The van der Waals surface area contributed by atoms with Crippen LogP contribution in [0.2, 0.25) is 0 Å². The van der Waals surface area contributed by atoms with Gasteiger partial charge in [-0.25, -0.2) is 9.37 Å². The van der Waals surface area contributed by atoms with E-state index in [1.165, 1.54) is 13.2 Å². The van der Waals surface area contributed by atoms with Crippen molar-refractivity contribution in [2.75, 3.05) is 7.11 Å². The van der Waals surface area contributed by atoms with Crippen LogP contribution in [0.15, 0.2) is 24.4 Å². The topological polar surface area (TPSA) is 22.1 Å². The van der Waals surface area contributed by atoms with E-state index in [-0.39, 0.29) is 5.82 Å². The molecule has 0 aliphatic heterocycles. The van der Waals surface area contributed by atoms with Gasteiger partial charge in [-0.15, -0.1) is 0 Å². The zero-order valence-corrected chi connectivity index (χ0v) is 9.58. The normalized spacial score (nSPS) is 10.5. The summed E-state index contributed by atoms with van der Waals surface area (Å²) in [6, 6.07) is 5.00. The molecule has 0 atom stereocenters. The summed E-state index contributed by atoms with van der Waals surface area (Å²) in [5.41, 5.74) is 0. The first kappa shape index (κ1) is 9.64. The summed E-state index contributed by atoms with van der Waals surface area (Å²) in [6.45, 7) is 0. The van der Waals surface area contributed by atoms with Crippen molar-refractivity contribution in [1.29, 1.82) is 0 Å². The van der Waals surface area contributed by atoms with Crippen LogP contribution in [-0.2, 0) is 0 Å². The highest BCUT2D eigenvalue weighted by Crippen LogP contribution is 2.29. The van der Waals surface area contributed by atoms with E-state index in [0.717, 1.165) is 10.8 Å². The molecule has 0 aliphatic carbocycles. The monoisotopic (exact) mass is 303 g/mol. The SMILES string of the molecule is COc1nccc2ccc(F)c(I)c12. The minimum atomic E-state index is -0.246. The van der Waals surface area contributed by atoms with Crippen LogP contribution in [0, 0.1) is 9.39 Å². The molecular weight excluding hydrogens is 296 g/mol. The van der Waals surface area contributed by atoms with Crippen molar-refractivity contribution in [3.63, 3.8) is 0 Å². The molecule has 0 amide bonds. The number of nitrogens with zero attached hydrogens (tertiary/aromatic N) is 1. The van der Waals surface area contributed by atoms with Gasteiger partial charge in [0.05, 0.1) is 16.1 Å². The molecule has 2 rings (SSSR count). The van der Waals surface area contributed by atoms with E-state index >= 15 is 0 Å². The second-order valence-electron chi connectivity index (χ2n) is 2.78. The number of halogens is 2. The zero-order chi connectivity index (χ0) is 10.1. The molecule has 0 unspecified atom stereocenters. The molecule has 1 aromatic carbocycles. The smallest absolute Gasteiger partial charge is 0.222 e. The summed E-state index contributed by atoms with van der Waals surface area (Å²) in [5.74, 6) is 0.218. The van der Waals surface area contributed by atoms with Crippen molar-refractivity contribution < 1.29 is 9.13 Å². The van der Waals surface area contributed by atoms with Crippen molar-refractivity contribution >= 4 is 33.4 Å². The highest BCUT2D eigenvalue weighted by atomic mass is 127. The molecule has 0 aliphatic rings. The van der Waals surface area contributed by atoms with Gasteiger partial charge in [0, 0.05) is 6.20 Å². The Morgan fingerprint density at radius 3 is 2.86 bits per heavy atom. The van der Waals surface area contributed by atoms with Crippen molar-refractivity contribution in [2.45, 2.75) is 0 Å². The standard InChI is InChI=1S/C10H7FINO/c1-14-10-8-6(4-5-13-10)2-3-7(11)9(8)12/h2-5H,1H3. The summed E-state index contributed by atoms with van der Waals surface area (Å²) in [7, 11) is 1.53. The lowest BCUT2D eigenvalue weighted by molar-refractivity contribution is 0.403. The van der Waals surface area contributed by atoms with Crippen molar-refractivity contribution in [1.82, 2.24) is 4.98 Å². The summed E-state index contributed by atoms with van der Waals surface area (Å²) < 4.78 is 18.9. The van der Waals surface area contributed by atoms with Crippen molar-refractivity contribution in [2.24, 2.45) is 0 Å². The molecule has 2 nitrogen and oxygen atoms in total. The number of benzene rings is 1. The van der Waals surface area contributed by atoms with E-state index in [0.29, 0.717) is 9.45 Å². The predicted molar refractivity (Wildman–Crippen MR) is 61.0 cm³/mol. The van der Waals surface area contributed by atoms with Gasteiger partial charge in [0.1, 0.15) is 5.82 Å². The Morgan fingerprint density at radius 1 is 1.36 bits per heavy atom. The van der Waals surface area contributed by atoms with E-state index in [4.69, 9.17) is 4.74 Å². The van der Waals surface area contributed by atoms with E-state index in [2.05, 4.69) is 4.98 Å². The number of fused-ring (bicyclic) bond motifs is 1. The zero-order valence-electron chi connectivity index (χ0n) is 7.42. The molecule has 14 heavy (non-hydrogen) atoms. The highest BCUT2D eigenvalue weighted by molar-refractivity contribution is 14.1. The number of hydrogen-bond acceptors (Lipinski definition) is 2. The van der Waals surface area contributed by atoms with Crippen molar-refractivity contribution in [3.05, 3.63) is 33.8 Å². The molecule has 0 N–H and O–H groups in total. The largest absolute Gasteiger partial charge is 0.481 e. The third-order valence-electron chi connectivity index (χ3n) is 1.98. The Morgan fingerprint density at radius 2 is 2.14 bits per heavy atom. The van der Waals surface area contributed by atoms with Gasteiger partial charge in [-0.1, -0.05) is 6.07 Å². The van der Waals surface area contributed by atoms with Crippen LogP contribution in [0.5, 0.6) is 5.88 Å². The second kappa shape index (κ2) is 3.68. The Balaban J connectivity index is 2.89. The summed E-state index contributed by atoms with van der Waals surface area (Å²) in [5, 5.41) is 1.67. The quantitative estimate of drug-likeness (QED) is 0.756. The van der Waals surface area contributed by atoms with Gasteiger partial charge in [0.2, 0.25) is 5.88 Å². The van der Waals surface area contributed by atoms with Crippen LogP contribution < -0.4 is 4.74 Å². The van der Waals surface area contributed by atoms with Gasteiger partial charge in [0.15, 0.2) is 0 Å². The maximum Gasteiger partial charge on any atom is 0.222 e. The maximum atomic E-state index is 13.3. The average molecular weight is 303 g/mol. The molecule has 4 heteroatoms. The molecule has 0 fully saturated rings. The van der Waals surface area contributed by atoms with Gasteiger partial charge < -0.3 is 4.74 Å². The van der Waals surface area contributed by atoms with E-state index in [9.17, 15) is 4.39 Å². The third-order valence-corrected chi connectivity index (χ3v) is 3.03. The van der Waals surface area contributed by atoms with Crippen LogP contribution >= 0.6 is 22.6 Å². The number of aromatic nitrogens is 1. The molecule has 2 aromatic rings. The fourth-order valence-corrected chi connectivity index (χ4v) is 2.05. The molecule has 72 valence electrons. The van der Waals surface area contributed by atoms with Gasteiger partial charge >= 0.3 is 0 Å². The van der Waals surface area contributed by atoms with Gasteiger partial charge in [-0.2, -0.15) is 0 Å². The van der Waals surface area contributed by atoms with Gasteiger partial charge in [-0.05, 0) is 40.1 Å². The van der Waals surface area contributed by atoms with E-state index < -0.39 is 0 Å². The molecule has 0 saturated carbocycles. The first-order valence-corrected chi connectivity index (χ1v) is 5.08. The van der Waals surface area contributed by atoms with E-state index in [1.807, 2.05) is 28.7 Å². The number of ether oxygens (including phenoxy) is 1. The number of methoxy groups -OCH3 is 1. The van der Waals surface area contributed by atoms with Crippen LogP contribution in [-0.4, -0.2) is 12.1 Å². The van der Waals surface area contributed by atoms with Gasteiger partial charge in [0.25, 0.3) is 0 Å². The second-order valence-corrected chi connectivity index (χ2v) is 3.86. The lowest BCUT2D eigenvalue weighted by Crippen LogP contribution is -1.92. The van der Waals surface area contributed by atoms with Crippen LogP contribution in [0.1, 0.15) is 0 Å². The molecule has 1 aromatic heterocycles. The predicted octanol–water partition coefficient (Wildman–Crippen LogP) is 2.99.